The van der Waals surface area contributed by atoms with Gasteiger partial charge in [0.2, 0.25) is 0 Å². The fraction of sp³-hybridized carbons (Fsp3) is 0.200. The van der Waals surface area contributed by atoms with Gasteiger partial charge in [-0.3, -0.25) is 0 Å². The highest BCUT2D eigenvalue weighted by molar-refractivity contribution is 5.75. The van der Waals surface area contributed by atoms with Crippen LogP contribution in [0.4, 0.5) is 0 Å². The Morgan fingerprint density at radius 2 is 1.41 bits per heavy atom. The zero-order chi connectivity index (χ0) is 12.6. The van der Waals surface area contributed by atoms with Gasteiger partial charge < -0.3 is 10.2 Å². The lowest BCUT2D eigenvalue weighted by molar-refractivity contribution is 0.458. The fourth-order valence-corrected chi connectivity index (χ4v) is 2.01. The summed E-state index contributed by atoms with van der Waals surface area (Å²) in [5.41, 5.74) is 4.57. The third-order valence-corrected chi connectivity index (χ3v) is 2.99. The molecule has 0 spiro atoms. The maximum absolute atomic E-state index is 9.95. The fourth-order valence-electron chi connectivity index (χ4n) is 2.01. The summed E-state index contributed by atoms with van der Waals surface area (Å²) in [4.78, 5) is 0. The summed E-state index contributed by atoms with van der Waals surface area (Å²) in [6.07, 6.45) is 0. The van der Waals surface area contributed by atoms with Gasteiger partial charge in [-0.2, -0.15) is 0 Å². The van der Waals surface area contributed by atoms with Gasteiger partial charge in [0.15, 0.2) is 0 Å². The molecule has 2 nitrogen and oxygen atoms in total. The Hall–Kier alpha value is -1.96. The lowest BCUT2D eigenvalue weighted by Gasteiger charge is -2.11. The van der Waals surface area contributed by atoms with E-state index in [4.69, 9.17) is 0 Å². The smallest absolute Gasteiger partial charge is 0.123 e. The van der Waals surface area contributed by atoms with Crippen LogP contribution in [0.2, 0.25) is 0 Å². The number of hydrogen-bond acceptors (Lipinski definition) is 2. The molecule has 0 radical (unpaired) electrons. The molecule has 0 atom stereocenters. The third-order valence-electron chi connectivity index (χ3n) is 2.99. The average Bonchev–Trinajstić information content (AvgIpc) is 2.24. The molecule has 0 unspecified atom stereocenters. The van der Waals surface area contributed by atoms with Crippen LogP contribution in [0.3, 0.4) is 0 Å². The number of phenolic OH excluding ortho intramolecular Hbond substituents is 2. The first kappa shape index (κ1) is 11.5. The Morgan fingerprint density at radius 1 is 0.706 bits per heavy atom. The zero-order valence-corrected chi connectivity index (χ0v) is 10.3. The van der Waals surface area contributed by atoms with Crippen molar-refractivity contribution >= 4 is 0 Å². The lowest BCUT2D eigenvalue weighted by Crippen LogP contribution is -1.87. The van der Waals surface area contributed by atoms with Crippen molar-refractivity contribution in [1.29, 1.82) is 0 Å². The number of phenols is 2. The van der Waals surface area contributed by atoms with Crippen molar-refractivity contribution in [2.75, 3.05) is 0 Å². The van der Waals surface area contributed by atoms with E-state index in [0.29, 0.717) is 11.1 Å². The van der Waals surface area contributed by atoms with Crippen LogP contribution in [0.15, 0.2) is 30.3 Å². The van der Waals surface area contributed by atoms with Gasteiger partial charge in [0.25, 0.3) is 0 Å². The first-order chi connectivity index (χ1) is 7.99. The van der Waals surface area contributed by atoms with Gasteiger partial charge in [-0.1, -0.05) is 23.8 Å². The molecule has 2 N–H and O–H groups in total. The molecule has 0 amide bonds. The van der Waals surface area contributed by atoms with E-state index in [1.165, 1.54) is 5.56 Å². The molecule has 0 saturated heterocycles. The SMILES string of the molecule is Cc1ccc(-c2cc(O)c(C)cc2O)c(C)c1. The Bertz CT molecular complexity index is 571. The molecular weight excluding hydrogens is 212 g/mol. The molecular formula is C15H16O2. The van der Waals surface area contributed by atoms with Crippen molar-refractivity contribution < 1.29 is 10.2 Å². The molecule has 88 valence electrons. The molecule has 0 aliphatic heterocycles. The van der Waals surface area contributed by atoms with E-state index in [-0.39, 0.29) is 11.5 Å². The van der Waals surface area contributed by atoms with Crippen molar-refractivity contribution in [3.05, 3.63) is 47.0 Å². The molecule has 0 fully saturated rings. The Morgan fingerprint density at radius 3 is 2.06 bits per heavy atom. The number of hydrogen-bond donors (Lipinski definition) is 2. The van der Waals surface area contributed by atoms with E-state index in [1.54, 1.807) is 19.1 Å². The van der Waals surface area contributed by atoms with Gasteiger partial charge in [0, 0.05) is 5.56 Å². The van der Waals surface area contributed by atoms with E-state index < -0.39 is 0 Å². The quantitative estimate of drug-likeness (QED) is 0.731. The van der Waals surface area contributed by atoms with Gasteiger partial charge in [-0.15, -0.1) is 0 Å². The van der Waals surface area contributed by atoms with Crippen LogP contribution in [0.5, 0.6) is 11.5 Å². The molecule has 17 heavy (non-hydrogen) atoms. The van der Waals surface area contributed by atoms with Crippen molar-refractivity contribution in [3.63, 3.8) is 0 Å². The van der Waals surface area contributed by atoms with Crippen LogP contribution < -0.4 is 0 Å². The number of benzene rings is 2. The number of rotatable bonds is 1. The Balaban J connectivity index is 2.64. The minimum absolute atomic E-state index is 0.201. The van der Waals surface area contributed by atoms with Gasteiger partial charge in [-0.05, 0) is 49.6 Å². The summed E-state index contributed by atoms with van der Waals surface area (Å²) in [7, 11) is 0. The van der Waals surface area contributed by atoms with Crippen molar-refractivity contribution in [3.8, 4) is 22.6 Å². The van der Waals surface area contributed by atoms with Crippen LogP contribution in [0.25, 0.3) is 11.1 Å². The van der Waals surface area contributed by atoms with E-state index in [2.05, 4.69) is 6.07 Å². The molecule has 0 aliphatic rings. The maximum atomic E-state index is 9.95. The molecule has 0 aliphatic carbocycles. The van der Waals surface area contributed by atoms with Crippen molar-refractivity contribution in [1.82, 2.24) is 0 Å². The van der Waals surface area contributed by atoms with Crippen LogP contribution in [0, 0.1) is 20.8 Å². The maximum Gasteiger partial charge on any atom is 0.123 e. The van der Waals surface area contributed by atoms with Crippen molar-refractivity contribution in [2.24, 2.45) is 0 Å². The first-order valence-corrected chi connectivity index (χ1v) is 5.59. The van der Waals surface area contributed by atoms with Crippen LogP contribution in [-0.4, -0.2) is 10.2 Å². The average molecular weight is 228 g/mol. The highest BCUT2D eigenvalue weighted by atomic mass is 16.3. The van der Waals surface area contributed by atoms with Gasteiger partial charge in [0.1, 0.15) is 11.5 Å². The molecule has 0 bridgehead atoms. The topological polar surface area (TPSA) is 40.5 Å². The van der Waals surface area contributed by atoms with Gasteiger partial charge >= 0.3 is 0 Å². The molecule has 0 heterocycles. The highest BCUT2D eigenvalue weighted by Crippen LogP contribution is 2.36. The minimum atomic E-state index is 0.201. The molecule has 2 aromatic rings. The van der Waals surface area contributed by atoms with E-state index in [0.717, 1.165) is 11.1 Å². The number of aromatic hydroxyl groups is 2. The van der Waals surface area contributed by atoms with Gasteiger partial charge in [0.05, 0.1) is 0 Å². The summed E-state index contributed by atoms with van der Waals surface area (Å²) in [6, 6.07) is 9.23. The zero-order valence-electron chi connectivity index (χ0n) is 10.3. The minimum Gasteiger partial charge on any atom is -0.508 e. The standard InChI is InChI=1S/C15H16O2/c1-9-4-5-12(10(2)6-9)13-8-14(16)11(3)7-15(13)17/h4-8,16-17H,1-3H3. The lowest BCUT2D eigenvalue weighted by atomic mass is 9.97. The summed E-state index contributed by atoms with van der Waals surface area (Å²) < 4.78 is 0. The Labute approximate surface area is 101 Å². The summed E-state index contributed by atoms with van der Waals surface area (Å²) in [6.45, 7) is 5.79. The van der Waals surface area contributed by atoms with Crippen LogP contribution >= 0.6 is 0 Å². The molecule has 2 aromatic carbocycles. The number of aryl methyl sites for hydroxylation is 3. The normalized spacial score (nSPS) is 10.5. The molecule has 2 heteroatoms. The molecule has 2 rings (SSSR count). The molecule has 0 saturated carbocycles. The predicted octanol–water partition coefficient (Wildman–Crippen LogP) is 3.69. The molecule has 0 aromatic heterocycles. The predicted molar refractivity (Wildman–Crippen MR) is 69.4 cm³/mol. The van der Waals surface area contributed by atoms with Crippen molar-refractivity contribution in [2.45, 2.75) is 20.8 Å². The summed E-state index contributed by atoms with van der Waals surface area (Å²) in [5, 5.41) is 19.7. The van der Waals surface area contributed by atoms with E-state index in [9.17, 15) is 10.2 Å². The van der Waals surface area contributed by atoms with Gasteiger partial charge in [-0.25, -0.2) is 0 Å². The second kappa shape index (κ2) is 4.13. The summed E-state index contributed by atoms with van der Waals surface area (Å²) in [5.74, 6) is 0.407. The van der Waals surface area contributed by atoms with Crippen LogP contribution in [0.1, 0.15) is 16.7 Å². The second-order valence-electron chi connectivity index (χ2n) is 4.47. The van der Waals surface area contributed by atoms with E-state index in [1.807, 2.05) is 26.0 Å². The second-order valence-corrected chi connectivity index (χ2v) is 4.47. The Kier molecular flexibility index (Phi) is 2.80. The summed E-state index contributed by atoms with van der Waals surface area (Å²) >= 11 is 0. The monoisotopic (exact) mass is 228 g/mol. The largest absolute Gasteiger partial charge is 0.508 e. The third kappa shape index (κ3) is 2.11. The van der Waals surface area contributed by atoms with Crippen LogP contribution in [-0.2, 0) is 0 Å². The first-order valence-electron chi connectivity index (χ1n) is 5.59. The van der Waals surface area contributed by atoms with E-state index >= 15 is 0 Å². The highest BCUT2D eigenvalue weighted by Gasteiger charge is 2.10.